The standard InChI is InChI=1S/C12H14O4S2/c1-3-16-11(13)8-17-18-12(14)9-4-6-10(15-2)7-5-9/h4-7H,3,8H2,1-2H3. The minimum atomic E-state index is -0.308. The third-order valence-corrected chi connectivity index (χ3v) is 3.96. The number of rotatable bonds is 6. The van der Waals surface area contributed by atoms with Gasteiger partial charge in [-0.1, -0.05) is 10.8 Å². The first-order valence-corrected chi connectivity index (χ1v) is 7.62. The van der Waals surface area contributed by atoms with Crippen molar-refractivity contribution in [1.82, 2.24) is 0 Å². The van der Waals surface area contributed by atoms with Crippen molar-refractivity contribution >= 4 is 32.7 Å². The summed E-state index contributed by atoms with van der Waals surface area (Å²) in [5, 5.41) is -0.0908. The molecule has 0 aliphatic rings. The Bertz CT molecular complexity index is 403. The van der Waals surface area contributed by atoms with E-state index in [9.17, 15) is 9.59 Å². The fourth-order valence-electron chi connectivity index (χ4n) is 1.11. The zero-order valence-electron chi connectivity index (χ0n) is 10.2. The Kier molecular flexibility index (Phi) is 6.67. The second-order valence-corrected chi connectivity index (χ2v) is 5.44. The molecule has 0 fully saturated rings. The summed E-state index contributed by atoms with van der Waals surface area (Å²) >= 11 is 0. The van der Waals surface area contributed by atoms with E-state index in [1.807, 2.05) is 0 Å². The molecule has 0 saturated carbocycles. The van der Waals surface area contributed by atoms with E-state index in [1.54, 1.807) is 38.3 Å². The van der Waals surface area contributed by atoms with Gasteiger partial charge in [-0.25, -0.2) is 0 Å². The fraction of sp³-hybridized carbons (Fsp3) is 0.333. The lowest BCUT2D eigenvalue weighted by Gasteiger charge is -2.02. The van der Waals surface area contributed by atoms with Crippen LogP contribution >= 0.6 is 21.6 Å². The van der Waals surface area contributed by atoms with Crippen LogP contribution in [0.15, 0.2) is 24.3 Å². The number of carbonyl (C=O) groups is 2. The van der Waals surface area contributed by atoms with Crippen LogP contribution in [0.3, 0.4) is 0 Å². The van der Waals surface area contributed by atoms with Gasteiger partial charge in [0.2, 0.25) is 5.12 Å². The van der Waals surface area contributed by atoms with Crippen LogP contribution in [0.1, 0.15) is 17.3 Å². The van der Waals surface area contributed by atoms with Crippen molar-refractivity contribution in [1.29, 1.82) is 0 Å². The molecule has 98 valence electrons. The summed E-state index contributed by atoms with van der Waals surface area (Å²) in [5.41, 5.74) is 0.581. The maximum absolute atomic E-state index is 11.7. The SMILES string of the molecule is CCOC(=O)CSSC(=O)c1ccc(OC)cc1. The molecule has 0 spiro atoms. The van der Waals surface area contributed by atoms with E-state index in [-0.39, 0.29) is 16.8 Å². The van der Waals surface area contributed by atoms with Crippen LogP contribution in [-0.2, 0) is 9.53 Å². The number of ether oxygens (including phenoxy) is 2. The summed E-state index contributed by atoms with van der Waals surface area (Å²) in [6, 6.07) is 6.84. The van der Waals surface area contributed by atoms with Crippen LogP contribution in [0, 0.1) is 0 Å². The predicted molar refractivity (Wildman–Crippen MR) is 74.0 cm³/mol. The first-order valence-electron chi connectivity index (χ1n) is 5.30. The Labute approximate surface area is 114 Å². The van der Waals surface area contributed by atoms with Crippen LogP contribution < -0.4 is 4.74 Å². The molecular weight excluding hydrogens is 272 g/mol. The highest BCUT2D eigenvalue weighted by Crippen LogP contribution is 2.26. The zero-order chi connectivity index (χ0) is 13.4. The van der Waals surface area contributed by atoms with E-state index < -0.39 is 0 Å². The number of hydrogen-bond donors (Lipinski definition) is 0. The van der Waals surface area contributed by atoms with Crippen LogP contribution in [0.25, 0.3) is 0 Å². The highest BCUT2D eigenvalue weighted by atomic mass is 33.1. The zero-order valence-corrected chi connectivity index (χ0v) is 11.8. The van der Waals surface area contributed by atoms with Crippen molar-refractivity contribution in [2.75, 3.05) is 19.5 Å². The lowest BCUT2D eigenvalue weighted by molar-refractivity contribution is -0.139. The molecule has 0 bridgehead atoms. The number of hydrogen-bond acceptors (Lipinski definition) is 6. The van der Waals surface area contributed by atoms with Crippen molar-refractivity contribution in [3.63, 3.8) is 0 Å². The van der Waals surface area contributed by atoms with Crippen molar-refractivity contribution in [2.24, 2.45) is 0 Å². The molecule has 0 aliphatic heterocycles. The van der Waals surface area contributed by atoms with Gasteiger partial charge in [0.15, 0.2) is 0 Å². The summed E-state index contributed by atoms with van der Waals surface area (Å²) in [5.74, 6) is 0.564. The van der Waals surface area contributed by atoms with Crippen molar-refractivity contribution in [3.05, 3.63) is 29.8 Å². The van der Waals surface area contributed by atoms with E-state index in [4.69, 9.17) is 9.47 Å². The van der Waals surface area contributed by atoms with Crippen molar-refractivity contribution < 1.29 is 19.1 Å². The number of benzene rings is 1. The molecule has 18 heavy (non-hydrogen) atoms. The predicted octanol–water partition coefficient (Wildman–Crippen LogP) is 2.78. The van der Waals surface area contributed by atoms with Gasteiger partial charge in [-0.2, -0.15) is 0 Å². The molecule has 0 N–H and O–H groups in total. The maximum Gasteiger partial charge on any atom is 0.316 e. The maximum atomic E-state index is 11.7. The van der Waals surface area contributed by atoms with Crippen molar-refractivity contribution in [3.8, 4) is 5.75 Å². The molecule has 1 aromatic carbocycles. The monoisotopic (exact) mass is 286 g/mol. The lowest BCUT2D eigenvalue weighted by atomic mass is 10.2. The van der Waals surface area contributed by atoms with Gasteiger partial charge in [-0.3, -0.25) is 9.59 Å². The molecule has 0 heterocycles. The van der Waals surface area contributed by atoms with Gasteiger partial charge in [-0.05, 0) is 42.0 Å². The Morgan fingerprint density at radius 2 is 1.89 bits per heavy atom. The molecule has 0 radical (unpaired) electrons. The Morgan fingerprint density at radius 1 is 1.22 bits per heavy atom. The Balaban J connectivity index is 2.38. The number of methoxy groups -OCH3 is 1. The molecule has 1 aromatic rings. The molecular formula is C12H14O4S2. The first-order chi connectivity index (χ1) is 8.67. The lowest BCUT2D eigenvalue weighted by Crippen LogP contribution is -2.06. The second kappa shape index (κ2) is 8.05. The van der Waals surface area contributed by atoms with Gasteiger partial charge in [0.25, 0.3) is 0 Å². The van der Waals surface area contributed by atoms with E-state index in [2.05, 4.69) is 0 Å². The smallest absolute Gasteiger partial charge is 0.316 e. The minimum Gasteiger partial charge on any atom is -0.497 e. The van der Waals surface area contributed by atoms with Gasteiger partial charge in [0.1, 0.15) is 11.5 Å². The molecule has 0 atom stereocenters. The molecule has 4 nitrogen and oxygen atoms in total. The fourth-order valence-corrected chi connectivity index (χ4v) is 2.76. The Morgan fingerprint density at radius 3 is 2.44 bits per heavy atom. The van der Waals surface area contributed by atoms with Gasteiger partial charge in [0, 0.05) is 5.56 Å². The van der Waals surface area contributed by atoms with E-state index >= 15 is 0 Å². The molecule has 1 rings (SSSR count). The summed E-state index contributed by atoms with van der Waals surface area (Å²) in [6.45, 7) is 2.11. The van der Waals surface area contributed by atoms with E-state index in [1.165, 1.54) is 10.8 Å². The largest absolute Gasteiger partial charge is 0.497 e. The summed E-state index contributed by atoms with van der Waals surface area (Å²) in [7, 11) is 3.78. The van der Waals surface area contributed by atoms with E-state index in [0.29, 0.717) is 17.9 Å². The summed E-state index contributed by atoms with van der Waals surface area (Å²) in [6.07, 6.45) is 0. The van der Waals surface area contributed by atoms with Crippen LogP contribution in [0.2, 0.25) is 0 Å². The summed E-state index contributed by atoms with van der Waals surface area (Å²) in [4.78, 5) is 22.8. The van der Waals surface area contributed by atoms with Crippen molar-refractivity contribution in [2.45, 2.75) is 6.92 Å². The molecule has 0 amide bonds. The quantitative estimate of drug-likeness (QED) is 0.592. The van der Waals surface area contributed by atoms with Gasteiger partial charge >= 0.3 is 5.97 Å². The second-order valence-electron chi connectivity index (χ2n) is 3.17. The third kappa shape index (κ3) is 5.01. The number of esters is 1. The van der Waals surface area contributed by atoms with E-state index in [0.717, 1.165) is 10.8 Å². The average molecular weight is 286 g/mol. The normalized spacial score (nSPS) is 9.89. The molecule has 0 saturated heterocycles. The minimum absolute atomic E-state index is 0.0908. The topological polar surface area (TPSA) is 52.6 Å². The van der Waals surface area contributed by atoms with Crippen LogP contribution in [0.4, 0.5) is 0 Å². The molecule has 0 unspecified atom stereocenters. The highest BCUT2D eigenvalue weighted by molar-refractivity contribution is 8.82. The van der Waals surface area contributed by atoms with Gasteiger partial charge in [0.05, 0.1) is 13.7 Å². The van der Waals surface area contributed by atoms with Crippen LogP contribution in [-0.4, -0.2) is 30.6 Å². The molecule has 0 aromatic heterocycles. The molecule has 6 heteroatoms. The Hall–Kier alpha value is -1.14. The third-order valence-electron chi connectivity index (χ3n) is 1.94. The van der Waals surface area contributed by atoms with Gasteiger partial charge < -0.3 is 9.47 Å². The average Bonchev–Trinajstić information content (AvgIpc) is 2.39. The molecule has 0 aliphatic carbocycles. The number of carbonyl (C=O) groups excluding carboxylic acids is 2. The van der Waals surface area contributed by atoms with Gasteiger partial charge in [-0.15, -0.1) is 0 Å². The summed E-state index contributed by atoms with van der Waals surface area (Å²) < 4.78 is 9.76. The van der Waals surface area contributed by atoms with Crippen LogP contribution in [0.5, 0.6) is 5.75 Å². The highest BCUT2D eigenvalue weighted by Gasteiger charge is 2.09. The first kappa shape index (κ1) is 14.9.